The number of aromatic nitrogens is 3. The van der Waals surface area contributed by atoms with Crippen LogP contribution < -0.4 is 16.0 Å². The van der Waals surface area contributed by atoms with Crippen LogP contribution in [0.5, 0.6) is 5.88 Å². The van der Waals surface area contributed by atoms with Crippen LogP contribution in [0.15, 0.2) is 29.3 Å². The SMILES string of the molecule is COc1ccc(Cc2ncc(CN)c(=O)[nH]2)cn1. The van der Waals surface area contributed by atoms with Crippen molar-refractivity contribution in [1.82, 2.24) is 15.0 Å². The van der Waals surface area contributed by atoms with Crippen LogP contribution in [0.4, 0.5) is 0 Å². The van der Waals surface area contributed by atoms with Crippen molar-refractivity contribution in [3.05, 3.63) is 51.8 Å². The number of pyridine rings is 1. The fourth-order valence-electron chi connectivity index (χ4n) is 1.52. The highest BCUT2D eigenvalue weighted by Gasteiger charge is 2.03. The second-order valence-electron chi connectivity index (χ2n) is 3.77. The number of hydrogen-bond acceptors (Lipinski definition) is 5. The topological polar surface area (TPSA) is 93.9 Å². The molecule has 3 N–H and O–H groups in total. The molecule has 0 amide bonds. The summed E-state index contributed by atoms with van der Waals surface area (Å²) in [5, 5.41) is 0. The molecule has 0 aliphatic rings. The third-order valence-corrected chi connectivity index (χ3v) is 2.52. The number of rotatable bonds is 4. The maximum absolute atomic E-state index is 11.6. The van der Waals surface area contributed by atoms with E-state index in [0.717, 1.165) is 5.56 Å². The lowest BCUT2D eigenvalue weighted by Crippen LogP contribution is -2.18. The van der Waals surface area contributed by atoms with Crippen LogP contribution in [0.2, 0.25) is 0 Å². The first kappa shape index (κ1) is 12.3. The summed E-state index contributed by atoms with van der Waals surface area (Å²) in [7, 11) is 1.56. The lowest BCUT2D eigenvalue weighted by Gasteiger charge is -2.03. The van der Waals surface area contributed by atoms with Crippen LogP contribution in [0.3, 0.4) is 0 Å². The predicted molar refractivity (Wildman–Crippen MR) is 66.3 cm³/mol. The molecule has 0 fully saturated rings. The summed E-state index contributed by atoms with van der Waals surface area (Å²) >= 11 is 0. The standard InChI is InChI=1S/C12H14N4O2/c1-18-11-3-2-8(6-15-11)4-10-14-7-9(5-13)12(17)16-10/h2-3,6-7H,4-5,13H2,1H3,(H,14,16,17). The van der Waals surface area contributed by atoms with Crippen molar-refractivity contribution in [2.45, 2.75) is 13.0 Å². The van der Waals surface area contributed by atoms with Crippen LogP contribution in [0.25, 0.3) is 0 Å². The summed E-state index contributed by atoms with van der Waals surface area (Å²) in [6.45, 7) is 0.187. The van der Waals surface area contributed by atoms with Gasteiger partial charge < -0.3 is 15.5 Å². The number of methoxy groups -OCH3 is 1. The van der Waals surface area contributed by atoms with Gasteiger partial charge in [0.1, 0.15) is 5.82 Å². The monoisotopic (exact) mass is 246 g/mol. The maximum atomic E-state index is 11.6. The van der Waals surface area contributed by atoms with Crippen molar-refractivity contribution >= 4 is 0 Å². The zero-order valence-corrected chi connectivity index (χ0v) is 10.0. The predicted octanol–water partition coefficient (Wildman–Crippen LogP) is 0.223. The molecule has 0 aromatic carbocycles. The van der Waals surface area contributed by atoms with E-state index in [-0.39, 0.29) is 12.1 Å². The maximum Gasteiger partial charge on any atom is 0.255 e. The molecule has 2 rings (SSSR count). The molecule has 0 unspecified atom stereocenters. The minimum atomic E-state index is -0.191. The van der Waals surface area contributed by atoms with Crippen LogP contribution >= 0.6 is 0 Å². The number of H-pyrrole nitrogens is 1. The Morgan fingerprint density at radius 3 is 2.72 bits per heavy atom. The smallest absolute Gasteiger partial charge is 0.255 e. The summed E-state index contributed by atoms with van der Waals surface area (Å²) in [5.74, 6) is 1.14. The Morgan fingerprint density at radius 2 is 2.17 bits per heavy atom. The molecule has 0 bridgehead atoms. The summed E-state index contributed by atoms with van der Waals surface area (Å²) in [5.41, 5.74) is 6.63. The van der Waals surface area contributed by atoms with Gasteiger partial charge in [0.15, 0.2) is 0 Å². The molecule has 94 valence electrons. The molecule has 6 nitrogen and oxygen atoms in total. The quantitative estimate of drug-likeness (QED) is 0.805. The van der Waals surface area contributed by atoms with Gasteiger partial charge in [-0.05, 0) is 5.56 Å². The zero-order chi connectivity index (χ0) is 13.0. The Hall–Kier alpha value is -2.21. The van der Waals surface area contributed by atoms with Gasteiger partial charge in [0, 0.05) is 37.0 Å². The van der Waals surface area contributed by atoms with Gasteiger partial charge >= 0.3 is 0 Å². The molecule has 0 atom stereocenters. The van der Waals surface area contributed by atoms with Crippen molar-refractivity contribution in [2.75, 3.05) is 7.11 Å². The molecule has 0 radical (unpaired) electrons. The Balaban J connectivity index is 2.17. The summed E-state index contributed by atoms with van der Waals surface area (Å²) in [4.78, 5) is 22.5. The Kier molecular flexibility index (Phi) is 3.69. The molecular formula is C12H14N4O2. The highest BCUT2D eigenvalue weighted by atomic mass is 16.5. The average Bonchev–Trinajstić information content (AvgIpc) is 2.40. The Bertz CT molecular complexity index is 577. The second-order valence-corrected chi connectivity index (χ2v) is 3.77. The molecule has 2 heterocycles. The van der Waals surface area contributed by atoms with Gasteiger partial charge in [-0.1, -0.05) is 6.07 Å². The number of nitrogens with zero attached hydrogens (tertiary/aromatic N) is 2. The molecule has 18 heavy (non-hydrogen) atoms. The second kappa shape index (κ2) is 5.42. The first-order chi connectivity index (χ1) is 8.72. The van der Waals surface area contributed by atoms with Crippen molar-refractivity contribution in [3.8, 4) is 5.88 Å². The number of hydrogen-bond donors (Lipinski definition) is 2. The van der Waals surface area contributed by atoms with E-state index < -0.39 is 0 Å². The summed E-state index contributed by atoms with van der Waals surface area (Å²) < 4.78 is 4.97. The highest BCUT2D eigenvalue weighted by Crippen LogP contribution is 2.08. The Labute approximate surface area is 104 Å². The van der Waals surface area contributed by atoms with E-state index in [2.05, 4.69) is 15.0 Å². The number of nitrogens with one attached hydrogen (secondary N) is 1. The van der Waals surface area contributed by atoms with Gasteiger partial charge in [0.2, 0.25) is 5.88 Å². The van der Waals surface area contributed by atoms with Gasteiger partial charge in [-0.25, -0.2) is 9.97 Å². The normalized spacial score (nSPS) is 10.3. The van der Waals surface area contributed by atoms with Crippen LogP contribution in [0.1, 0.15) is 17.0 Å². The van der Waals surface area contributed by atoms with Crippen molar-refractivity contribution < 1.29 is 4.74 Å². The summed E-state index contributed by atoms with van der Waals surface area (Å²) in [6.07, 6.45) is 3.71. The van der Waals surface area contributed by atoms with Crippen molar-refractivity contribution in [3.63, 3.8) is 0 Å². The van der Waals surface area contributed by atoms with E-state index in [1.165, 1.54) is 6.20 Å². The van der Waals surface area contributed by atoms with Crippen molar-refractivity contribution in [2.24, 2.45) is 5.73 Å². The molecule has 0 spiro atoms. The third-order valence-electron chi connectivity index (χ3n) is 2.52. The molecule has 2 aromatic heterocycles. The van der Waals surface area contributed by atoms with Crippen LogP contribution in [-0.4, -0.2) is 22.1 Å². The number of ether oxygens (including phenoxy) is 1. The zero-order valence-electron chi connectivity index (χ0n) is 10.0. The molecule has 2 aromatic rings. The average molecular weight is 246 g/mol. The highest BCUT2D eigenvalue weighted by molar-refractivity contribution is 5.21. The van der Waals surface area contributed by atoms with E-state index in [0.29, 0.717) is 23.7 Å². The first-order valence-electron chi connectivity index (χ1n) is 5.49. The largest absolute Gasteiger partial charge is 0.481 e. The molecule has 0 aliphatic carbocycles. The van der Waals surface area contributed by atoms with E-state index in [1.807, 2.05) is 6.07 Å². The lowest BCUT2D eigenvalue weighted by molar-refractivity contribution is 0.397. The van der Waals surface area contributed by atoms with Gasteiger partial charge in [-0.2, -0.15) is 0 Å². The number of aromatic amines is 1. The molecule has 0 saturated heterocycles. The van der Waals surface area contributed by atoms with Gasteiger partial charge in [0.25, 0.3) is 5.56 Å². The minimum Gasteiger partial charge on any atom is -0.481 e. The van der Waals surface area contributed by atoms with E-state index in [9.17, 15) is 4.79 Å². The van der Waals surface area contributed by atoms with Crippen molar-refractivity contribution in [1.29, 1.82) is 0 Å². The number of nitrogens with two attached hydrogens (primary N) is 1. The first-order valence-corrected chi connectivity index (χ1v) is 5.49. The van der Waals surface area contributed by atoms with Crippen LogP contribution in [-0.2, 0) is 13.0 Å². The lowest BCUT2D eigenvalue weighted by atomic mass is 10.2. The molecule has 0 saturated carbocycles. The third kappa shape index (κ3) is 2.72. The summed E-state index contributed by atoms with van der Waals surface area (Å²) in [6, 6.07) is 3.64. The van der Waals surface area contributed by atoms with Gasteiger partial charge in [-0.15, -0.1) is 0 Å². The van der Waals surface area contributed by atoms with E-state index >= 15 is 0 Å². The van der Waals surface area contributed by atoms with E-state index in [4.69, 9.17) is 10.5 Å². The minimum absolute atomic E-state index is 0.187. The fraction of sp³-hybridized carbons (Fsp3) is 0.250. The molecule has 0 aliphatic heterocycles. The Morgan fingerprint density at radius 1 is 1.33 bits per heavy atom. The van der Waals surface area contributed by atoms with Gasteiger partial charge in [-0.3, -0.25) is 4.79 Å². The van der Waals surface area contributed by atoms with E-state index in [1.54, 1.807) is 19.4 Å². The molecule has 6 heteroatoms. The van der Waals surface area contributed by atoms with Crippen LogP contribution in [0, 0.1) is 0 Å². The molecular weight excluding hydrogens is 232 g/mol. The van der Waals surface area contributed by atoms with Gasteiger partial charge in [0.05, 0.1) is 7.11 Å². The fourth-order valence-corrected chi connectivity index (χ4v) is 1.52.